The van der Waals surface area contributed by atoms with E-state index in [0.29, 0.717) is 17.4 Å². The molecule has 0 unspecified atom stereocenters. The molecular weight excluding hydrogens is 188 g/mol. The van der Waals surface area contributed by atoms with Crippen LogP contribution >= 0.6 is 0 Å². The van der Waals surface area contributed by atoms with Gasteiger partial charge < -0.3 is 10.2 Å². The first-order valence-electron chi connectivity index (χ1n) is 5.90. The molecule has 0 aromatic heterocycles. The quantitative estimate of drug-likeness (QED) is 0.768. The predicted octanol–water partition coefficient (Wildman–Crippen LogP) is 1.63. The normalized spacial score (nSPS) is 19.7. The van der Waals surface area contributed by atoms with E-state index in [2.05, 4.69) is 33.0 Å². The van der Waals surface area contributed by atoms with Gasteiger partial charge in [-0.25, -0.2) is 0 Å². The molecule has 1 atom stereocenters. The van der Waals surface area contributed by atoms with Crippen LogP contribution < -0.4 is 5.32 Å². The van der Waals surface area contributed by atoms with E-state index in [4.69, 9.17) is 0 Å². The zero-order valence-electron chi connectivity index (χ0n) is 10.5. The number of nitrogens with one attached hydrogen (secondary N) is 1. The van der Waals surface area contributed by atoms with Crippen molar-refractivity contribution in [2.45, 2.75) is 46.6 Å². The summed E-state index contributed by atoms with van der Waals surface area (Å²) in [6, 6.07) is 0.395. The van der Waals surface area contributed by atoms with Gasteiger partial charge >= 0.3 is 0 Å². The van der Waals surface area contributed by atoms with Crippen molar-refractivity contribution in [2.24, 2.45) is 5.41 Å². The summed E-state index contributed by atoms with van der Waals surface area (Å²) in [4.78, 5) is 13.4. The SMILES string of the molecule is C[C@@H](CN1CCCC1=O)NCC(C)(C)C. The first kappa shape index (κ1) is 12.5. The predicted molar refractivity (Wildman–Crippen MR) is 62.7 cm³/mol. The Kier molecular flexibility index (Phi) is 4.14. The van der Waals surface area contributed by atoms with Crippen molar-refractivity contribution in [3.63, 3.8) is 0 Å². The first-order valence-corrected chi connectivity index (χ1v) is 5.90. The lowest BCUT2D eigenvalue weighted by atomic mass is 9.96. The summed E-state index contributed by atoms with van der Waals surface area (Å²) in [5, 5.41) is 3.48. The standard InChI is InChI=1S/C12H24N2O/c1-10(13-9-12(2,3)4)8-14-7-5-6-11(14)15/h10,13H,5-9H2,1-4H3/t10-/m0/s1. The van der Waals surface area contributed by atoms with Gasteiger partial charge in [0.15, 0.2) is 0 Å². The molecule has 1 fully saturated rings. The van der Waals surface area contributed by atoms with Crippen LogP contribution in [0.2, 0.25) is 0 Å². The van der Waals surface area contributed by atoms with Crippen molar-refractivity contribution in [2.75, 3.05) is 19.6 Å². The Hall–Kier alpha value is -0.570. The van der Waals surface area contributed by atoms with Gasteiger partial charge in [0.05, 0.1) is 0 Å². The number of hydrogen-bond donors (Lipinski definition) is 1. The van der Waals surface area contributed by atoms with Crippen molar-refractivity contribution >= 4 is 5.91 Å². The van der Waals surface area contributed by atoms with E-state index in [9.17, 15) is 4.79 Å². The summed E-state index contributed by atoms with van der Waals surface area (Å²) >= 11 is 0. The minimum atomic E-state index is 0.309. The fourth-order valence-electron chi connectivity index (χ4n) is 1.77. The summed E-state index contributed by atoms with van der Waals surface area (Å²) in [6.07, 6.45) is 1.77. The number of likely N-dealkylation sites (tertiary alicyclic amines) is 1. The number of hydrogen-bond acceptors (Lipinski definition) is 2. The van der Waals surface area contributed by atoms with Gasteiger partial charge in [-0.15, -0.1) is 0 Å². The lowest BCUT2D eigenvalue weighted by Crippen LogP contribution is -2.42. The Morgan fingerprint density at radius 2 is 2.13 bits per heavy atom. The van der Waals surface area contributed by atoms with E-state index in [1.165, 1.54) is 0 Å². The zero-order valence-corrected chi connectivity index (χ0v) is 10.5. The Bertz CT molecular complexity index is 220. The molecule has 1 aliphatic heterocycles. The summed E-state index contributed by atoms with van der Waals surface area (Å²) in [5.41, 5.74) is 0.309. The van der Waals surface area contributed by atoms with E-state index in [1.54, 1.807) is 0 Å². The maximum Gasteiger partial charge on any atom is 0.222 e. The fourth-order valence-corrected chi connectivity index (χ4v) is 1.77. The Labute approximate surface area is 93.2 Å². The topological polar surface area (TPSA) is 32.3 Å². The monoisotopic (exact) mass is 212 g/mol. The lowest BCUT2D eigenvalue weighted by molar-refractivity contribution is -0.127. The van der Waals surface area contributed by atoms with E-state index in [1.807, 2.05) is 4.90 Å². The molecule has 0 aromatic carbocycles. The van der Waals surface area contributed by atoms with Crippen LogP contribution in [0.3, 0.4) is 0 Å². The molecule has 0 spiro atoms. The second-order valence-corrected chi connectivity index (χ2v) is 5.79. The third kappa shape index (κ3) is 4.65. The van der Waals surface area contributed by atoms with E-state index in [-0.39, 0.29) is 0 Å². The van der Waals surface area contributed by atoms with Crippen LogP contribution in [-0.4, -0.2) is 36.5 Å². The Morgan fingerprint density at radius 3 is 2.60 bits per heavy atom. The van der Waals surface area contributed by atoms with Crippen LogP contribution in [0.25, 0.3) is 0 Å². The van der Waals surface area contributed by atoms with Crippen LogP contribution in [0.5, 0.6) is 0 Å². The molecule has 1 N–H and O–H groups in total. The van der Waals surface area contributed by atoms with E-state index in [0.717, 1.165) is 32.5 Å². The van der Waals surface area contributed by atoms with E-state index < -0.39 is 0 Å². The smallest absolute Gasteiger partial charge is 0.222 e. The largest absolute Gasteiger partial charge is 0.341 e. The van der Waals surface area contributed by atoms with Gasteiger partial charge in [-0.1, -0.05) is 20.8 Å². The summed E-state index contributed by atoms with van der Waals surface area (Å²) < 4.78 is 0. The highest BCUT2D eigenvalue weighted by Gasteiger charge is 2.22. The molecule has 1 aliphatic rings. The van der Waals surface area contributed by atoms with Gasteiger partial charge in [-0.2, -0.15) is 0 Å². The van der Waals surface area contributed by atoms with Gasteiger partial charge in [0, 0.05) is 32.1 Å². The van der Waals surface area contributed by atoms with Crippen molar-refractivity contribution < 1.29 is 4.79 Å². The molecule has 0 bridgehead atoms. The molecule has 0 radical (unpaired) electrons. The van der Waals surface area contributed by atoms with Crippen molar-refractivity contribution in [1.29, 1.82) is 0 Å². The number of rotatable bonds is 4. The van der Waals surface area contributed by atoms with Gasteiger partial charge in [-0.3, -0.25) is 4.79 Å². The molecule has 0 aliphatic carbocycles. The Balaban J connectivity index is 2.23. The maximum atomic E-state index is 11.4. The molecular formula is C12H24N2O. The molecule has 15 heavy (non-hydrogen) atoms. The Morgan fingerprint density at radius 1 is 1.47 bits per heavy atom. The number of amides is 1. The summed E-state index contributed by atoms with van der Waals surface area (Å²) in [5.74, 6) is 0.319. The average Bonchev–Trinajstić information content (AvgIpc) is 2.47. The van der Waals surface area contributed by atoms with Crippen molar-refractivity contribution in [1.82, 2.24) is 10.2 Å². The van der Waals surface area contributed by atoms with Crippen LogP contribution in [0.15, 0.2) is 0 Å². The zero-order chi connectivity index (χ0) is 11.5. The van der Waals surface area contributed by atoms with Crippen molar-refractivity contribution in [3.8, 4) is 0 Å². The minimum absolute atomic E-state index is 0.309. The highest BCUT2D eigenvalue weighted by molar-refractivity contribution is 5.78. The molecule has 3 heteroatoms. The summed E-state index contributed by atoms with van der Waals surface area (Å²) in [6.45, 7) is 11.6. The fraction of sp³-hybridized carbons (Fsp3) is 0.917. The van der Waals surface area contributed by atoms with Gasteiger partial charge in [0.1, 0.15) is 0 Å². The summed E-state index contributed by atoms with van der Waals surface area (Å²) in [7, 11) is 0. The second-order valence-electron chi connectivity index (χ2n) is 5.79. The average molecular weight is 212 g/mol. The first-order chi connectivity index (χ1) is 6.88. The van der Waals surface area contributed by atoms with Crippen LogP contribution in [-0.2, 0) is 4.79 Å². The molecule has 1 rings (SSSR count). The third-order valence-corrected chi connectivity index (χ3v) is 2.65. The molecule has 1 saturated heterocycles. The third-order valence-electron chi connectivity index (χ3n) is 2.65. The highest BCUT2D eigenvalue weighted by atomic mass is 16.2. The molecule has 3 nitrogen and oxygen atoms in total. The maximum absolute atomic E-state index is 11.4. The van der Waals surface area contributed by atoms with Gasteiger partial charge in [0.25, 0.3) is 0 Å². The van der Waals surface area contributed by atoms with Crippen LogP contribution in [0, 0.1) is 5.41 Å². The van der Waals surface area contributed by atoms with Crippen molar-refractivity contribution in [3.05, 3.63) is 0 Å². The van der Waals surface area contributed by atoms with E-state index >= 15 is 0 Å². The lowest BCUT2D eigenvalue weighted by Gasteiger charge is -2.26. The second kappa shape index (κ2) is 4.97. The molecule has 1 amide bonds. The minimum Gasteiger partial charge on any atom is -0.341 e. The highest BCUT2D eigenvalue weighted by Crippen LogP contribution is 2.12. The molecule has 0 saturated carbocycles. The van der Waals surface area contributed by atoms with Crippen LogP contribution in [0.4, 0.5) is 0 Å². The molecule has 88 valence electrons. The molecule has 0 aromatic rings. The van der Waals surface area contributed by atoms with Crippen LogP contribution in [0.1, 0.15) is 40.5 Å². The van der Waals surface area contributed by atoms with Gasteiger partial charge in [0.2, 0.25) is 5.91 Å². The number of carbonyl (C=O) groups excluding carboxylic acids is 1. The van der Waals surface area contributed by atoms with Gasteiger partial charge in [-0.05, 0) is 18.8 Å². The number of carbonyl (C=O) groups is 1. The molecule has 1 heterocycles. The number of nitrogens with zero attached hydrogens (tertiary/aromatic N) is 1.